The second kappa shape index (κ2) is 17.7. The van der Waals surface area contributed by atoms with Crippen LogP contribution in [-0.4, -0.2) is 77.4 Å². The molecule has 11 atom stereocenters. The van der Waals surface area contributed by atoms with Crippen LogP contribution in [0.2, 0.25) is 0 Å². The van der Waals surface area contributed by atoms with Crippen LogP contribution in [-0.2, 0) is 14.2 Å². The van der Waals surface area contributed by atoms with Crippen molar-refractivity contribution in [3.05, 3.63) is 0 Å². The molecule has 8 heteroatoms. The predicted octanol–water partition coefficient (Wildman–Crippen LogP) is 4.42. The van der Waals surface area contributed by atoms with E-state index in [1.807, 2.05) is 0 Å². The summed E-state index contributed by atoms with van der Waals surface area (Å²) in [5.74, 6) is 3.85. The van der Waals surface area contributed by atoms with Crippen molar-refractivity contribution in [3.63, 3.8) is 0 Å². The van der Waals surface area contributed by atoms with E-state index < -0.39 is 0 Å². The monoisotopic (exact) mass is 622 g/mol. The molecule has 4 fully saturated rings. The number of ether oxygens (including phenoxy) is 3. The molecule has 0 radical (unpaired) electrons. The molecule has 4 rings (SSSR count). The summed E-state index contributed by atoms with van der Waals surface area (Å²) < 4.78 is 20.3. The van der Waals surface area contributed by atoms with Gasteiger partial charge in [-0.2, -0.15) is 0 Å². The van der Waals surface area contributed by atoms with Gasteiger partial charge in [-0.05, 0) is 164 Å². The minimum absolute atomic E-state index is 0.170. The average Bonchev–Trinajstić information content (AvgIpc) is 3.38. The van der Waals surface area contributed by atoms with E-state index in [1.54, 1.807) is 0 Å². The molecule has 4 saturated carbocycles. The molecule has 0 aliphatic heterocycles. The van der Waals surface area contributed by atoms with Crippen LogP contribution in [0, 0.1) is 46.3 Å². The Morgan fingerprint density at radius 3 is 2.09 bits per heavy atom. The Labute approximate surface area is 270 Å². The zero-order valence-corrected chi connectivity index (χ0v) is 28.8. The van der Waals surface area contributed by atoms with Crippen LogP contribution in [0.3, 0.4) is 0 Å². The van der Waals surface area contributed by atoms with Crippen molar-refractivity contribution in [1.82, 2.24) is 5.32 Å². The van der Waals surface area contributed by atoms with E-state index in [1.165, 1.54) is 44.9 Å². The summed E-state index contributed by atoms with van der Waals surface area (Å²) in [5.41, 5.74) is 23.9. The highest BCUT2D eigenvalue weighted by Gasteiger charge is 2.66. The van der Waals surface area contributed by atoms with Crippen molar-refractivity contribution in [1.29, 1.82) is 0 Å². The molecule has 8 nitrogen and oxygen atoms in total. The smallest absolute Gasteiger partial charge is 0.0637 e. The molecular formula is C36H71N5O3. The molecular weight excluding hydrogens is 550 g/mol. The highest BCUT2D eigenvalue weighted by molar-refractivity contribution is 5.15. The molecule has 258 valence electrons. The van der Waals surface area contributed by atoms with Gasteiger partial charge >= 0.3 is 0 Å². The van der Waals surface area contributed by atoms with Gasteiger partial charge in [0.25, 0.3) is 0 Å². The molecule has 4 aliphatic rings. The maximum Gasteiger partial charge on any atom is 0.0637 e. The van der Waals surface area contributed by atoms with Crippen molar-refractivity contribution in [2.75, 3.05) is 59.1 Å². The zero-order valence-electron chi connectivity index (χ0n) is 28.8. The second-order valence-electron chi connectivity index (χ2n) is 15.5. The van der Waals surface area contributed by atoms with Gasteiger partial charge in [0.2, 0.25) is 0 Å². The van der Waals surface area contributed by atoms with E-state index in [-0.39, 0.29) is 11.5 Å². The van der Waals surface area contributed by atoms with Crippen molar-refractivity contribution in [2.45, 2.75) is 123 Å². The van der Waals surface area contributed by atoms with Crippen molar-refractivity contribution >= 4 is 0 Å². The van der Waals surface area contributed by atoms with Gasteiger partial charge in [0.15, 0.2) is 0 Å². The van der Waals surface area contributed by atoms with Crippen LogP contribution in [0.15, 0.2) is 0 Å². The number of nitrogens with one attached hydrogen (secondary N) is 1. The Kier molecular flexibility index (Phi) is 14.7. The van der Waals surface area contributed by atoms with Crippen LogP contribution in [0.5, 0.6) is 0 Å². The topological polar surface area (TPSA) is 144 Å². The SMILES string of the molecule is C[C@H](CCCNCCCN)C1CC[C@H]2[C@@H]3[C@H](OCCCN)C[C@@H]4C[C@H](OCCCN)CC[C@]4(C)[C@H]3C[C@H](OCCCN)[C@]12C. The Bertz CT molecular complexity index is 821. The van der Waals surface area contributed by atoms with E-state index in [2.05, 4.69) is 26.1 Å². The molecule has 0 spiro atoms. The highest BCUT2D eigenvalue weighted by Crippen LogP contribution is 2.69. The third-order valence-electron chi connectivity index (χ3n) is 13.1. The van der Waals surface area contributed by atoms with Gasteiger partial charge in [-0.15, -0.1) is 0 Å². The summed E-state index contributed by atoms with van der Waals surface area (Å²) >= 11 is 0. The molecule has 0 saturated heterocycles. The summed E-state index contributed by atoms with van der Waals surface area (Å²) in [7, 11) is 0. The van der Waals surface area contributed by atoms with Crippen LogP contribution in [0.4, 0.5) is 0 Å². The molecule has 4 aliphatic carbocycles. The summed E-state index contributed by atoms with van der Waals surface area (Å²) in [5, 5.41) is 3.60. The van der Waals surface area contributed by atoms with Gasteiger partial charge in [-0.3, -0.25) is 0 Å². The Balaban J connectivity index is 1.57. The van der Waals surface area contributed by atoms with Gasteiger partial charge in [-0.25, -0.2) is 0 Å². The van der Waals surface area contributed by atoms with E-state index in [0.717, 1.165) is 78.0 Å². The third-order valence-corrected chi connectivity index (χ3v) is 13.1. The van der Waals surface area contributed by atoms with Gasteiger partial charge in [0.05, 0.1) is 18.3 Å². The molecule has 0 aromatic rings. The fourth-order valence-corrected chi connectivity index (χ4v) is 10.7. The lowest BCUT2D eigenvalue weighted by molar-refractivity contribution is -0.227. The van der Waals surface area contributed by atoms with Gasteiger partial charge in [-0.1, -0.05) is 20.8 Å². The number of nitrogens with two attached hydrogens (primary N) is 4. The Hall–Kier alpha value is -0.320. The molecule has 0 aromatic carbocycles. The van der Waals surface area contributed by atoms with Crippen LogP contribution < -0.4 is 28.3 Å². The standard InChI is InChI=1S/C36H71N5O3/c1-26(9-4-18-41-19-5-14-37)29-10-11-30-34-31(25-33(36(29,30)3)44-22-8-17-40)35(2)13-12-28(42-20-6-15-38)23-27(35)24-32(34)43-21-7-16-39/h26-34,41H,4-25,37-40H2,1-3H3/t26-,27+,28-,29?,30+,31+,32-,33+,34+,35+,36-/m1/s1. The summed E-state index contributed by atoms with van der Waals surface area (Å²) in [6.07, 6.45) is 15.8. The first kappa shape index (κ1) is 36.5. The van der Waals surface area contributed by atoms with E-state index in [0.29, 0.717) is 72.8 Å². The van der Waals surface area contributed by atoms with Crippen molar-refractivity contribution < 1.29 is 14.2 Å². The van der Waals surface area contributed by atoms with Crippen molar-refractivity contribution in [3.8, 4) is 0 Å². The molecule has 0 aromatic heterocycles. The number of hydrogen-bond acceptors (Lipinski definition) is 8. The maximum absolute atomic E-state index is 6.99. The lowest BCUT2D eigenvalue weighted by atomic mass is 9.43. The van der Waals surface area contributed by atoms with E-state index in [4.69, 9.17) is 37.1 Å². The molecule has 0 amide bonds. The van der Waals surface area contributed by atoms with Gasteiger partial charge < -0.3 is 42.5 Å². The van der Waals surface area contributed by atoms with Crippen LogP contribution in [0.1, 0.15) is 104 Å². The zero-order chi connectivity index (χ0) is 31.6. The average molecular weight is 622 g/mol. The lowest BCUT2D eigenvalue weighted by Crippen LogP contribution is -2.63. The minimum atomic E-state index is 0.170. The van der Waals surface area contributed by atoms with Crippen LogP contribution >= 0.6 is 0 Å². The van der Waals surface area contributed by atoms with Gasteiger partial charge in [0.1, 0.15) is 0 Å². The Morgan fingerprint density at radius 2 is 1.39 bits per heavy atom. The fourth-order valence-electron chi connectivity index (χ4n) is 10.7. The second-order valence-corrected chi connectivity index (χ2v) is 15.5. The minimum Gasteiger partial charge on any atom is -0.378 e. The molecule has 0 bridgehead atoms. The third kappa shape index (κ3) is 8.21. The molecule has 1 unspecified atom stereocenters. The summed E-state index contributed by atoms with van der Waals surface area (Å²) in [6.45, 7) is 15.1. The highest BCUT2D eigenvalue weighted by atomic mass is 16.5. The molecule has 0 heterocycles. The first-order chi connectivity index (χ1) is 21.3. The van der Waals surface area contributed by atoms with Crippen LogP contribution in [0.25, 0.3) is 0 Å². The first-order valence-electron chi connectivity index (χ1n) is 18.7. The number of fused-ring (bicyclic) bond motifs is 5. The van der Waals surface area contributed by atoms with Gasteiger partial charge in [0, 0.05) is 25.2 Å². The maximum atomic E-state index is 6.99. The van der Waals surface area contributed by atoms with Crippen molar-refractivity contribution in [2.24, 2.45) is 69.3 Å². The molecule has 44 heavy (non-hydrogen) atoms. The number of rotatable bonds is 20. The lowest BCUT2D eigenvalue weighted by Gasteiger charge is -2.65. The summed E-state index contributed by atoms with van der Waals surface area (Å²) in [6, 6.07) is 0. The van der Waals surface area contributed by atoms with E-state index >= 15 is 0 Å². The first-order valence-corrected chi connectivity index (χ1v) is 18.7. The summed E-state index contributed by atoms with van der Waals surface area (Å²) in [4.78, 5) is 0. The molecule has 9 N–H and O–H groups in total. The largest absolute Gasteiger partial charge is 0.378 e. The fraction of sp³-hybridized carbons (Fsp3) is 1.00. The number of hydrogen-bond donors (Lipinski definition) is 5. The quantitative estimate of drug-likeness (QED) is 0.126. The predicted molar refractivity (Wildman–Crippen MR) is 181 cm³/mol. The normalized spacial score (nSPS) is 39.1. The Morgan fingerprint density at radius 1 is 0.727 bits per heavy atom. The van der Waals surface area contributed by atoms with E-state index in [9.17, 15) is 0 Å².